The first kappa shape index (κ1) is 15.2. The Morgan fingerprint density at radius 3 is 2.31 bits per heavy atom. The highest BCUT2D eigenvalue weighted by Crippen LogP contribution is 2.13. The maximum atomic E-state index is 11.9. The molecule has 4 nitrogen and oxygen atoms in total. The van der Waals surface area contributed by atoms with E-state index in [4.69, 9.17) is 9.47 Å². The summed E-state index contributed by atoms with van der Waals surface area (Å²) >= 11 is 0. The SMILES string of the molecule is CCC(C)N(CCOC)C(=O)OC(C)(C)C. The third kappa shape index (κ3) is 5.95. The van der Waals surface area contributed by atoms with E-state index in [0.717, 1.165) is 6.42 Å². The van der Waals surface area contributed by atoms with Gasteiger partial charge in [-0.15, -0.1) is 0 Å². The van der Waals surface area contributed by atoms with Crippen LogP contribution in [0.1, 0.15) is 41.0 Å². The maximum Gasteiger partial charge on any atom is 0.410 e. The van der Waals surface area contributed by atoms with Crippen LogP contribution >= 0.6 is 0 Å². The smallest absolute Gasteiger partial charge is 0.410 e. The van der Waals surface area contributed by atoms with Crippen LogP contribution in [-0.2, 0) is 9.47 Å². The van der Waals surface area contributed by atoms with Gasteiger partial charge < -0.3 is 14.4 Å². The van der Waals surface area contributed by atoms with E-state index >= 15 is 0 Å². The van der Waals surface area contributed by atoms with Gasteiger partial charge in [0.1, 0.15) is 5.60 Å². The number of amides is 1. The summed E-state index contributed by atoms with van der Waals surface area (Å²) in [6, 6.07) is 0.171. The average molecular weight is 231 g/mol. The summed E-state index contributed by atoms with van der Waals surface area (Å²) in [5.74, 6) is 0. The van der Waals surface area contributed by atoms with Crippen molar-refractivity contribution in [1.82, 2.24) is 4.90 Å². The molecule has 0 radical (unpaired) electrons. The lowest BCUT2D eigenvalue weighted by molar-refractivity contribution is 0.0117. The molecule has 1 unspecified atom stereocenters. The number of nitrogens with zero attached hydrogens (tertiary/aromatic N) is 1. The second-order valence-corrected chi connectivity index (χ2v) is 4.92. The molecule has 1 atom stereocenters. The monoisotopic (exact) mass is 231 g/mol. The Kier molecular flexibility index (Phi) is 6.41. The molecular weight excluding hydrogens is 206 g/mol. The molecule has 0 aromatic carbocycles. The highest BCUT2D eigenvalue weighted by atomic mass is 16.6. The van der Waals surface area contributed by atoms with Crippen LogP contribution in [0.25, 0.3) is 0 Å². The van der Waals surface area contributed by atoms with E-state index in [1.165, 1.54) is 0 Å². The van der Waals surface area contributed by atoms with Gasteiger partial charge in [0, 0.05) is 19.7 Å². The van der Waals surface area contributed by atoms with Crippen molar-refractivity contribution in [1.29, 1.82) is 0 Å². The number of methoxy groups -OCH3 is 1. The number of carbonyl (C=O) groups excluding carboxylic acids is 1. The topological polar surface area (TPSA) is 38.8 Å². The van der Waals surface area contributed by atoms with Crippen LogP contribution in [0.15, 0.2) is 0 Å². The number of carbonyl (C=O) groups is 1. The number of hydrogen-bond acceptors (Lipinski definition) is 3. The van der Waals surface area contributed by atoms with Gasteiger partial charge in [-0.25, -0.2) is 4.79 Å². The van der Waals surface area contributed by atoms with E-state index in [-0.39, 0.29) is 12.1 Å². The van der Waals surface area contributed by atoms with Gasteiger partial charge in [-0.05, 0) is 34.1 Å². The predicted octanol–water partition coefficient (Wildman–Crippen LogP) is 2.67. The molecule has 1 amide bonds. The molecule has 0 fully saturated rings. The van der Waals surface area contributed by atoms with Crippen molar-refractivity contribution in [2.75, 3.05) is 20.3 Å². The van der Waals surface area contributed by atoms with Crippen molar-refractivity contribution in [3.8, 4) is 0 Å². The first-order chi connectivity index (χ1) is 7.31. The van der Waals surface area contributed by atoms with Crippen molar-refractivity contribution in [2.45, 2.75) is 52.7 Å². The Balaban J connectivity index is 4.43. The zero-order valence-electron chi connectivity index (χ0n) is 11.4. The molecule has 16 heavy (non-hydrogen) atoms. The Labute approximate surface area is 98.9 Å². The fourth-order valence-electron chi connectivity index (χ4n) is 1.22. The normalized spacial score (nSPS) is 13.4. The van der Waals surface area contributed by atoms with Crippen LogP contribution in [0.4, 0.5) is 4.79 Å². The summed E-state index contributed by atoms with van der Waals surface area (Å²) in [6.45, 7) is 10.8. The number of rotatable bonds is 5. The Morgan fingerprint density at radius 1 is 1.38 bits per heavy atom. The molecule has 4 heteroatoms. The van der Waals surface area contributed by atoms with Gasteiger partial charge in [0.05, 0.1) is 6.61 Å². The van der Waals surface area contributed by atoms with Crippen LogP contribution < -0.4 is 0 Å². The zero-order valence-corrected chi connectivity index (χ0v) is 11.4. The van der Waals surface area contributed by atoms with Gasteiger partial charge in [0.25, 0.3) is 0 Å². The van der Waals surface area contributed by atoms with E-state index in [9.17, 15) is 4.79 Å². The molecule has 0 heterocycles. The van der Waals surface area contributed by atoms with Gasteiger partial charge >= 0.3 is 6.09 Å². The molecule has 0 bridgehead atoms. The van der Waals surface area contributed by atoms with Crippen LogP contribution in [0.2, 0.25) is 0 Å². The highest BCUT2D eigenvalue weighted by molar-refractivity contribution is 5.68. The standard InChI is InChI=1S/C12H25NO3/c1-7-10(2)13(8-9-15-6)11(14)16-12(3,4)5/h10H,7-9H2,1-6H3. The lowest BCUT2D eigenvalue weighted by atomic mass is 10.2. The Hall–Kier alpha value is -0.770. The largest absolute Gasteiger partial charge is 0.444 e. The second kappa shape index (κ2) is 6.74. The number of hydrogen-bond donors (Lipinski definition) is 0. The van der Waals surface area contributed by atoms with Crippen molar-refractivity contribution < 1.29 is 14.3 Å². The molecule has 0 aliphatic heterocycles. The number of ether oxygens (including phenoxy) is 2. The van der Waals surface area contributed by atoms with Crippen molar-refractivity contribution in [2.24, 2.45) is 0 Å². The molecule has 96 valence electrons. The molecule has 0 aliphatic carbocycles. The zero-order chi connectivity index (χ0) is 12.8. The molecule has 0 rings (SSSR count). The fourth-order valence-corrected chi connectivity index (χ4v) is 1.22. The molecule has 0 N–H and O–H groups in total. The lowest BCUT2D eigenvalue weighted by Crippen LogP contribution is -2.43. The molecule has 0 aromatic heterocycles. The first-order valence-corrected chi connectivity index (χ1v) is 5.80. The first-order valence-electron chi connectivity index (χ1n) is 5.80. The molecule has 0 aliphatic rings. The molecule has 0 saturated carbocycles. The molecular formula is C12H25NO3. The Bertz CT molecular complexity index is 211. The van der Waals surface area contributed by atoms with Crippen molar-refractivity contribution in [3.05, 3.63) is 0 Å². The van der Waals surface area contributed by atoms with E-state index in [1.807, 2.05) is 27.7 Å². The van der Waals surface area contributed by atoms with Crippen LogP contribution in [0, 0.1) is 0 Å². The average Bonchev–Trinajstić information content (AvgIpc) is 2.15. The predicted molar refractivity (Wildman–Crippen MR) is 64.6 cm³/mol. The third-order valence-corrected chi connectivity index (χ3v) is 2.29. The minimum Gasteiger partial charge on any atom is -0.444 e. The summed E-state index contributed by atoms with van der Waals surface area (Å²) in [4.78, 5) is 13.6. The Morgan fingerprint density at radius 2 is 1.94 bits per heavy atom. The molecule has 0 aromatic rings. The summed E-state index contributed by atoms with van der Waals surface area (Å²) < 4.78 is 10.3. The van der Waals surface area contributed by atoms with Crippen LogP contribution in [-0.4, -0.2) is 42.9 Å². The fraction of sp³-hybridized carbons (Fsp3) is 0.917. The lowest BCUT2D eigenvalue weighted by Gasteiger charge is -2.31. The highest BCUT2D eigenvalue weighted by Gasteiger charge is 2.24. The minimum atomic E-state index is -0.449. The van der Waals surface area contributed by atoms with Crippen LogP contribution in [0.5, 0.6) is 0 Å². The van der Waals surface area contributed by atoms with E-state index < -0.39 is 5.60 Å². The molecule has 0 saturated heterocycles. The van der Waals surface area contributed by atoms with Crippen molar-refractivity contribution >= 4 is 6.09 Å². The quantitative estimate of drug-likeness (QED) is 0.730. The van der Waals surface area contributed by atoms with E-state index in [1.54, 1.807) is 12.0 Å². The van der Waals surface area contributed by atoms with E-state index in [2.05, 4.69) is 6.92 Å². The minimum absolute atomic E-state index is 0.171. The summed E-state index contributed by atoms with van der Waals surface area (Å²) in [5.41, 5.74) is -0.449. The van der Waals surface area contributed by atoms with Gasteiger partial charge in [0.2, 0.25) is 0 Å². The summed E-state index contributed by atoms with van der Waals surface area (Å²) in [7, 11) is 1.63. The van der Waals surface area contributed by atoms with Gasteiger partial charge in [0.15, 0.2) is 0 Å². The maximum absolute atomic E-state index is 11.9. The van der Waals surface area contributed by atoms with Crippen LogP contribution in [0.3, 0.4) is 0 Å². The second-order valence-electron chi connectivity index (χ2n) is 4.92. The van der Waals surface area contributed by atoms with Gasteiger partial charge in [-0.1, -0.05) is 6.92 Å². The summed E-state index contributed by atoms with van der Waals surface area (Å²) in [5, 5.41) is 0. The van der Waals surface area contributed by atoms with Crippen molar-refractivity contribution in [3.63, 3.8) is 0 Å². The van der Waals surface area contributed by atoms with Gasteiger partial charge in [-0.2, -0.15) is 0 Å². The summed E-state index contributed by atoms with van der Waals surface area (Å²) in [6.07, 6.45) is 0.641. The molecule has 0 spiro atoms. The van der Waals surface area contributed by atoms with E-state index in [0.29, 0.717) is 13.2 Å². The third-order valence-electron chi connectivity index (χ3n) is 2.29. The van der Waals surface area contributed by atoms with Gasteiger partial charge in [-0.3, -0.25) is 0 Å².